The van der Waals surface area contributed by atoms with E-state index in [9.17, 15) is 0 Å². The summed E-state index contributed by atoms with van der Waals surface area (Å²) in [6, 6.07) is 49.8. The Morgan fingerprint density at radius 3 is 1.86 bits per heavy atom. The van der Waals surface area contributed by atoms with Crippen molar-refractivity contribution in [3.8, 4) is 51.2 Å². The van der Waals surface area contributed by atoms with Crippen LogP contribution >= 0.6 is 0 Å². The summed E-state index contributed by atoms with van der Waals surface area (Å²) < 4.78 is 13.2. The number of ether oxygens (including phenoxy) is 1. The zero-order valence-electron chi connectivity index (χ0n) is 41.0. The normalized spacial score (nSPS) is 12.6. The lowest BCUT2D eigenvalue weighted by Gasteiger charge is -2.26. The van der Waals surface area contributed by atoms with Crippen molar-refractivity contribution < 1.29 is 9.42 Å². The smallest absolute Gasteiger partial charge is 0.273 e. The molecule has 6 aromatic carbocycles. The van der Waals surface area contributed by atoms with E-state index in [1.165, 1.54) is 27.6 Å². The highest BCUT2D eigenvalue weighted by Crippen LogP contribution is 2.40. The lowest BCUT2D eigenvalue weighted by molar-refractivity contribution is -0.660. The molecule has 6 heteroatoms. The molecule has 0 radical (unpaired) electrons. The summed E-state index contributed by atoms with van der Waals surface area (Å²) in [5.74, 6) is 3.11. The predicted molar refractivity (Wildman–Crippen MR) is 273 cm³/mol. The van der Waals surface area contributed by atoms with Gasteiger partial charge >= 0.3 is 0 Å². The van der Waals surface area contributed by atoms with Gasteiger partial charge in [0.1, 0.15) is 17.3 Å². The second-order valence-electron chi connectivity index (χ2n) is 22.1. The lowest BCUT2D eigenvalue weighted by Crippen LogP contribution is -2.34. The second-order valence-corrected chi connectivity index (χ2v) is 22.1. The summed E-state index contributed by atoms with van der Waals surface area (Å²) in [6.45, 7) is 29.3. The molecule has 9 rings (SSSR count). The number of hydrogen-bond acceptors (Lipinski definition) is 3. The molecule has 9 aromatic rings. The number of benzene rings is 6. The average molecular weight is 870 g/mol. The van der Waals surface area contributed by atoms with E-state index in [-0.39, 0.29) is 21.7 Å². The van der Waals surface area contributed by atoms with E-state index in [0.29, 0.717) is 5.75 Å². The molecular weight excluding hydrogens is 807 g/mol. The summed E-state index contributed by atoms with van der Waals surface area (Å²) in [6.07, 6.45) is 5.65. The van der Waals surface area contributed by atoms with Crippen molar-refractivity contribution in [2.45, 2.75) is 112 Å². The monoisotopic (exact) mass is 870 g/mol. The van der Waals surface area contributed by atoms with Crippen LogP contribution in [0.5, 0.6) is 11.5 Å². The third-order valence-corrected chi connectivity index (χ3v) is 12.8. The molecule has 0 saturated heterocycles. The van der Waals surface area contributed by atoms with Gasteiger partial charge in [-0.3, -0.25) is 9.13 Å². The molecule has 0 spiro atoms. The van der Waals surface area contributed by atoms with Crippen LogP contribution in [-0.4, -0.2) is 19.2 Å². The molecule has 334 valence electrons. The van der Waals surface area contributed by atoms with Gasteiger partial charge in [0.2, 0.25) is 0 Å². The van der Waals surface area contributed by atoms with Crippen molar-refractivity contribution in [1.82, 2.24) is 19.2 Å². The van der Waals surface area contributed by atoms with Gasteiger partial charge in [-0.1, -0.05) is 168 Å². The van der Waals surface area contributed by atoms with Crippen LogP contribution < -0.4 is 9.42 Å². The molecule has 0 amide bonds. The Bertz CT molecular complexity index is 3240. The van der Waals surface area contributed by atoms with Crippen molar-refractivity contribution in [1.29, 1.82) is 0 Å². The number of aryl methyl sites for hydroxylation is 1. The zero-order valence-corrected chi connectivity index (χ0v) is 41.0. The highest BCUT2D eigenvalue weighted by atomic mass is 16.5. The van der Waals surface area contributed by atoms with Crippen molar-refractivity contribution >= 4 is 21.8 Å². The van der Waals surface area contributed by atoms with Gasteiger partial charge in [-0.2, -0.15) is 4.68 Å². The molecule has 0 aliphatic rings. The van der Waals surface area contributed by atoms with Crippen LogP contribution in [0.4, 0.5) is 0 Å². The number of aromatic nitrogens is 5. The third kappa shape index (κ3) is 8.57. The predicted octanol–water partition coefficient (Wildman–Crippen LogP) is 15.1. The first kappa shape index (κ1) is 44.4. The fourth-order valence-electron chi connectivity index (χ4n) is 8.79. The van der Waals surface area contributed by atoms with Crippen LogP contribution in [0.2, 0.25) is 0 Å². The maximum Gasteiger partial charge on any atom is 0.273 e. The Labute approximate surface area is 391 Å². The average Bonchev–Trinajstić information content (AvgIpc) is 3.85. The summed E-state index contributed by atoms with van der Waals surface area (Å²) in [7, 11) is 0. The highest BCUT2D eigenvalue weighted by Gasteiger charge is 2.25. The molecule has 6 nitrogen and oxygen atoms in total. The van der Waals surface area contributed by atoms with Gasteiger partial charge in [0.05, 0.1) is 22.4 Å². The minimum atomic E-state index is -0.0656. The lowest BCUT2D eigenvalue weighted by atomic mass is 9.80. The quantitative estimate of drug-likeness (QED) is 0.118. The Kier molecular flexibility index (Phi) is 10.9. The Morgan fingerprint density at radius 2 is 1.18 bits per heavy atom. The third-order valence-electron chi connectivity index (χ3n) is 12.8. The van der Waals surface area contributed by atoms with Crippen LogP contribution in [0.3, 0.4) is 0 Å². The van der Waals surface area contributed by atoms with Gasteiger partial charge in [-0.15, -0.1) is 5.10 Å². The van der Waals surface area contributed by atoms with E-state index in [1.807, 2.05) is 23.0 Å². The summed E-state index contributed by atoms with van der Waals surface area (Å²) in [4.78, 5) is 4.96. The van der Waals surface area contributed by atoms with E-state index >= 15 is 0 Å². The van der Waals surface area contributed by atoms with Crippen LogP contribution in [0.15, 0.2) is 146 Å². The number of nitrogens with zero attached hydrogens (tertiary/aromatic N) is 5. The minimum Gasteiger partial charge on any atom is -0.458 e. The summed E-state index contributed by atoms with van der Waals surface area (Å²) >= 11 is 0. The summed E-state index contributed by atoms with van der Waals surface area (Å²) in [5, 5.41) is 7.79. The molecule has 0 fully saturated rings. The van der Waals surface area contributed by atoms with E-state index in [2.05, 4.69) is 233 Å². The fraction of sp³-hybridized carbons (Fsp3) is 0.283. The maximum atomic E-state index is 6.86. The molecule has 3 heterocycles. The van der Waals surface area contributed by atoms with Crippen LogP contribution in [0.25, 0.3) is 61.5 Å². The zero-order chi connectivity index (χ0) is 46.9. The number of hydrogen-bond donors (Lipinski definition) is 0. The number of fused-ring (bicyclic) bond motifs is 3. The van der Waals surface area contributed by atoms with Gasteiger partial charge in [0.15, 0.2) is 5.82 Å². The molecular formula is C60H63N5O. The van der Waals surface area contributed by atoms with Crippen LogP contribution in [0, 0.1) is 13.3 Å². The van der Waals surface area contributed by atoms with E-state index in [0.717, 1.165) is 67.4 Å². The molecule has 3 aromatic heterocycles. The molecule has 0 aliphatic heterocycles. The largest absolute Gasteiger partial charge is 0.458 e. The maximum absolute atomic E-state index is 6.86. The minimum absolute atomic E-state index is 0.00103. The first-order valence-corrected chi connectivity index (χ1v) is 23.2. The molecule has 0 saturated carbocycles. The van der Waals surface area contributed by atoms with Gasteiger partial charge in [0, 0.05) is 28.6 Å². The van der Waals surface area contributed by atoms with Gasteiger partial charge < -0.3 is 4.74 Å². The summed E-state index contributed by atoms with van der Waals surface area (Å²) in [5.41, 5.74) is 13.3. The van der Waals surface area contributed by atoms with Crippen LogP contribution in [-0.2, 0) is 21.7 Å². The van der Waals surface area contributed by atoms with Crippen LogP contribution in [0.1, 0.15) is 111 Å². The molecule has 66 heavy (non-hydrogen) atoms. The standard InChI is InChI=1S/C60H63N5O/c1-39-19-17-24-49(40-20-15-14-16-21-40)55(39)56-62-64(46-32-43(59(8,9)10)31-44(33-46)60(11,12)13)38-63(56)45-22-18-23-47(36-45)66-48-26-27-50-51-34-41(57(2,3)4)25-28-52(51)65(53(50)37-48)54-35-42(29-30-61-54)58(5,6)7/h14-37H,1-13H3. The Morgan fingerprint density at radius 1 is 0.530 bits per heavy atom. The molecule has 0 bridgehead atoms. The first-order chi connectivity index (χ1) is 31.1. The molecule has 0 unspecified atom stereocenters. The Hall–Kier alpha value is -6.79. The number of pyridine rings is 1. The topological polar surface area (TPSA) is 48.8 Å². The SMILES string of the molecule is Cc1cccc(-c2ccccc2)c1-c1n[n+](-c2cc(C(C)(C)C)cc(C(C)(C)C)c2)[c-]n1-c1cccc(Oc2ccc3c4cc(C(C)(C)C)ccc4n(-c4cc(C(C)(C)C)ccn4)c3c2)c1. The van der Waals surface area contributed by atoms with E-state index < -0.39 is 0 Å². The molecule has 0 atom stereocenters. The molecule has 0 aliphatic carbocycles. The van der Waals surface area contributed by atoms with Gasteiger partial charge in [-0.05, 0) is 116 Å². The van der Waals surface area contributed by atoms with Gasteiger partial charge in [0.25, 0.3) is 6.33 Å². The number of rotatable bonds is 7. The fourth-order valence-corrected chi connectivity index (χ4v) is 8.79. The Balaban J connectivity index is 1.20. The van der Waals surface area contributed by atoms with Gasteiger partial charge in [-0.25, -0.2) is 4.98 Å². The van der Waals surface area contributed by atoms with Crippen molar-refractivity contribution in [3.63, 3.8) is 0 Å². The first-order valence-electron chi connectivity index (χ1n) is 23.2. The van der Waals surface area contributed by atoms with E-state index in [4.69, 9.17) is 14.8 Å². The van der Waals surface area contributed by atoms with Crippen molar-refractivity contribution in [2.24, 2.45) is 0 Å². The second kappa shape index (κ2) is 16.3. The molecule has 0 N–H and O–H groups in total. The van der Waals surface area contributed by atoms with E-state index in [1.54, 1.807) is 0 Å². The van der Waals surface area contributed by atoms with Crippen molar-refractivity contribution in [3.05, 3.63) is 180 Å². The highest BCUT2D eigenvalue weighted by molar-refractivity contribution is 6.09. The van der Waals surface area contributed by atoms with Crippen molar-refractivity contribution in [2.75, 3.05) is 0 Å².